The van der Waals surface area contributed by atoms with Crippen LogP contribution in [0.3, 0.4) is 0 Å². The molecule has 5 nitrogen and oxygen atoms in total. The Hall–Kier alpha value is -0.310. The van der Waals surface area contributed by atoms with Gasteiger partial charge in [0, 0.05) is 41.4 Å². The van der Waals surface area contributed by atoms with Crippen LogP contribution in [0.15, 0.2) is 6.20 Å². The first-order valence-electron chi connectivity index (χ1n) is 5.64. The Bertz CT molecular complexity index is 512. The molecule has 2 rings (SSSR count). The molecule has 2 heterocycles. The van der Waals surface area contributed by atoms with Gasteiger partial charge in [-0.15, -0.1) is 11.3 Å². The van der Waals surface area contributed by atoms with Gasteiger partial charge in [0.15, 0.2) is 15.0 Å². The smallest absolute Gasteiger partial charge is 0.186 e. The number of hydrogen-bond acceptors (Lipinski definition) is 7. The standard InChI is InChI=1S/C10H17N3O2S3/c1-7(11)8-5-12-10(17-8)13-3-4-16-6-9(13)18(2,14)15/h5,7,9H,3-4,6,11H2,1-2H3. The average molecular weight is 307 g/mol. The number of thiazole rings is 1. The van der Waals surface area contributed by atoms with Crippen molar-refractivity contribution in [1.82, 2.24) is 4.98 Å². The summed E-state index contributed by atoms with van der Waals surface area (Å²) in [6.07, 6.45) is 3.03. The molecule has 1 aromatic heterocycles. The van der Waals surface area contributed by atoms with Crippen LogP contribution in [0.1, 0.15) is 17.8 Å². The second kappa shape index (κ2) is 5.36. The molecule has 0 radical (unpaired) electrons. The minimum absolute atomic E-state index is 0.0629. The highest BCUT2D eigenvalue weighted by Crippen LogP contribution is 2.31. The zero-order chi connectivity index (χ0) is 13.3. The number of nitrogens with two attached hydrogens (primary N) is 1. The maximum Gasteiger partial charge on any atom is 0.186 e. The molecule has 0 amide bonds. The molecule has 8 heteroatoms. The summed E-state index contributed by atoms with van der Waals surface area (Å²) in [5, 5.41) is 0.293. The molecule has 0 spiro atoms. The van der Waals surface area contributed by atoms with E-state index < -0.39 is 15.2 Å². The largest absolute Gasteiger partial charge is 0.330 e. The number of aromatic nitrogens is 1. The zero-order valence-electron chi connectivity index (χ0n) is 10.4. The summed E-state index contributed by atoms with van der Waals surface area (Å²) in [6.45, 7) is 2.62. The van der Waals surface area contributed by atoms with E-state index in [1.807, 2.05) is 11.8 Å². The Balaban J connectivity index is 2.28. The first-order valence-corrected chi connectivity index (χ1v) is 9.56. The summed E-state index contributed by atoms with van der Waals surface area (Å²) in [5.41, 5.74) is 5.81. The number of rotatable bonds is 3. The lowest BCUT2D eigenvalue weighted by Gasteiger charge is -2.33. The van der Waals surface area contributed by atoms with Crippen molar-refractivity contribution >= 4 is 38.1 Å². The molecule has 18 heavy (non-hydrogen) atoms. The summed E-state index contributed by atoms with van der Waals surface area (Å²) in [5.74, 6) is 1.53. The molecular weight excluding hydrogens is 290 g/mol. The van der Waals surface area contributed by atoms with E-state index in [2.05, 4.69) is 4.98 Å². The minimum Gasteiger partial charge on any atom is -0.330 e. The Morgan fingerprint density at radius 2 is 2.33 bits per heavy atom. The van der Waals surface area contributed by atoms with E-state index in [1.54, 1.807) is 18.0 Å². The molecule has 0 saturated carbocycles. The van der Waals surface area contributed by atoms with Gasteiger partial charge in [-0.05, 0) is 6.92 Å². The maximum atomic E-state index is 11.8. The average Bonchev–Trinajstić information content (AvgIpc) is 2.77. The van der Waals surface area contributed by atoms with Gasteiger partial charge in [0.2, 0.25) is 0 Å². The highest BCUT2D eigenvalue weighted by atomic mass is 32.2. The van der Waals surface area contributed by atoms with Gasteiger partial charge < -0.3 is 10.6 Å². The lowest BCUT2D eigenvalue weighted by molar-refractivity contribution is 0.584. The van der Waals surface area contributed by atoms with Crippen LogP contribution in [-0.2, 0) is 9.84 Å². The van der Waals surface area contributed by atoms with Crippen molar-refractivity contribution in [1.29, 1.82) is 0 Å². The normalized spacial score (nSPS) is 23.1. The van der Waals surface area contributed by atoms with Gasteiger partial charge in [0.25, 0.3) is 0 Å². The summed E-state index contributed by atoms with van der Waals surface area (Å²) in [6, 6.07) is -0.0629. The quantitative estimate of drug-likeness (QED) is 0.901. The van der Waals surface area contributed by atoms with Gasteiger partial charge in [0.05, 0.1) is 0 Å². The molecule has 1 saturated heterocycles. The number of sulfone groups is 1. The molecule has 2 N–H and O–H groups in total. The van der Waals surface area contributed by atoms with E-state index in [9.17, 15) is 8.42 Å². The van der Waals surface area contributed by atoms with E-state index in [1.165, 1.54) is 17.6 Å². The molecule has 0 aliphatic carbocycles. The van der Waals surface area contributed by atoms with Gasteiger partial charge in [-0.1, -0.05) is 0 Å². The molecule has 102 valence electrons. The van der Waals surface area contributed by atoms with Crippen molar-refractivity contribution in [2.45, 2.75) is 18.3 Å². The summed E-state index contributed by atoms with van der Waals surface area (Å²) in [7, 11) is -3.09. The number of hydrogen-bond donors (Lipinski definition) is 1. The molecular formula is C10H17N3O2S3. The molecule has 0 aromatic carbocycles. The van der Waals surface area contributed by atoms with E-state index in [-0.39, 0.29) is 6.04 Å². The topological polar surface area (TPSA) is 76.3 Å². The van der Waals surface area contributed by atoms with Crippen molar-refractivity contribution in [3.63, 3.8) is 0 Å². The lowest BCUT2D eigenvalue weighted by Crippen LogP contribution is -2.47. The number of thioether (sulfide) groups is 1. The van der Waals surface area contributed by atoms with Crippen molar-refractivity contribution in [3.8, 4) is 0 Å². The van der Waals surface area contributed by atoms with Crippen LogP contribution in [0.25, 0.3) is 0 Å². The van der Waals surface area contributed by atoms with Crippen LogP contribution >= 0.6 is 23.1 Å². The molecule has 0 bridgehead atoms. The van der Waals surface area contributed by atoms with Crippen LogP contribution in [0, 0.1) is 0 Å². The minimum atomic E-state index is -3.09. The SMILES string of the molecule is CC(N)c1cnc(N2CCSCC2S(C)(=O)=O)s1. The fraction of sp³-hybridized carbons (Fsp3) is 0.700. The first kappa shape index (κ1) is 14.1. The van der Waals surface area contributed by atoms with Crippen LogP contribution in [-0.4, -0.2) is 43.1 Å². The molecule has 1 fully saturated rings. The van der Waals surface area contributed by atoms with Crippen LogP contribution in [0.5, 0.6) is 0 Å². The third-order valence-corrected chi connectivity index (χ3v) is 6.66. The first-order chi connectivity index (χ1) is 8.39. The van der Waals surface area contributed by atoms with Crippen molar-refractivity contribution in [2.24, 2.45) is 5.73 Å². The Kier molecular flexibility index (Phi) is 4.20. The second-order valence-electron chi connectivity index (χ2n) is 4.39. The highest BCUT2D eigenvalue weighted by Gasteiger charge is 2.32. The van der Waals surface area contributed by atoms with Gasteiger partial charge in [-0.3, -0.25) is 0 Å². The molecule has 2 unspecified atom stereocenters. The lowest BCUT2D eigenvalue weighted by atomic mass is 10.3. The predicted molar refractivity (Wildman–Crippen MR) is 78.0 cm³/mol. The third kappa shape index (κ3) is 2.98. The van der Waals surface area contributed by atoms with Gasteiger partial charge >= 0.3 is 0 Å². The summed E-state index contributed by atoms with van der Waals surface area (Å²) in [4.78, 5) is 7.19. The fourth-order valence-corrected chi connectivity index (χ4v) is 5.60. The van der Waals surface area contributed by atoms with Crippen molar-refractivity contribution in [2.75, 3.05) is 29.2 Å². The van der Waals surface area contributed by atoms with E-state index >= 15 is 0 Å². The second-order valence-corrected chi connectivity index (χ2v) is 8.78. The van der Waals surface area contributed by atoms with E-state index in [0.717, 1.165) is 15.8 Å². The van der Waals surface area contributed by atoms with Crippen LogP contribution in [0.2, 0.25) is 0 Å². The predicted octanol–water partition coefficient (Wildman–Crippen LogP) is 1.09. The molecule has 1 aromatic rings. The summed E-state index contributed by atoms with van der Waals surface area (Å²) >= 11 is 3.16. The van der Waals surface area contributed by atoms with E-state index in [0.29, 0.717) is 12.3 Å². The van der Waals surface area contributed by atoms with Crippen LogP contribution in [0.4, 0.5) is 5.13 Å². The van der Waals surface area contributed by atoms with Crippen LogP contribution < -0.4 is 10.6 Å². The van der Waals surface area contributed by atoms with Crippen molar-refractivity contribution in [3.05, 3.63) is 11.1 Å². The van der Waals surface area contributed by atoms with Gasteiger partial charge in [0.1, 0.15) is 5.37 Å². The van der Waals surface area contributed by atoms with E-state index in [4.69, 9.17) is 5.73 Å². The molecule has 1 aliphatic heterocycles. The monoisotopic (exact) mass is 307 g/mol. The number of anilines is 1. The Morgan fingerprint density at radius 1 is 1.61 bits per heavy atom. The third-order valence-electron chi connectivity index (χ3n) is 2.78. The molecule has 1 aliphatic rings. The fourth-order valence-electron chi connectivity index (χ4n) is 1.77. The molecule has 2 atom stereocenters. The Labute approximate surface area is 116 Å². The van der Waals surface area contributed by atoms with Gasteiger partial charge in [-0.2, -0.15) is 11.8 Å². The zero-order valence-corrected chi connectivity index (χ0v) is 12.8. The van der Waals surface area contributed by atoms with Gasteiger partial charge in [-0.25, -0.2) is 13.4 Å². The summed E-state index contributed by atoms with van der Waals surface area (Å²) < 4.78 is 23.6. The maximum absolute atomic E-state index is 11.8. The van der Waals surface area contributed by atoms with Crippen molar-refractivity contribution < 1.29 is 8.42 Å². The Morgan fingerprint density at radius 3 is 2.89 bits per heavy atom. The number of nitrogens with zero attached hydrogens (tertiary/aromatic N) is 2. The highest BCUT2D eigenvalue weighted by molar-refractivity contribution is 8.01.